The second-order valence-electron chi connectivity index (χ2n) is 6.28. The van der Waals surface area contributed by atoms with Gasteiger partial charge in [0.2, 0.25) is 0 Å². The number of nitrogens with one attached hydrogen (secondary N) is 2. The maximum Gasteiger partial charge on any atom is 0.259 e. The minimum absolute atomic E-state index is 0.209. The number of carbonyl (C=O) groups excluding carboxylic acids is 1. The highest BCUT2D eigenvalue weighted by Crippen LogP contribution is 2.36. The van der Waals surface area contributed by atoms with Gasteiger partial charge in [0.1, 0.15) is 5.75 Å². The molecule has 1 aliphatic heterocycles. The van der Waals surface area contributed by atoms with Crippen molar-refractivity contribution in [2.45, 2.75) is 0 Å². The van der Waals surface area contributed by atoms with Crippen LogP contribution in [0.15, 0.2) is 77.9 Å². The second-order valence-corrected chi connectivity index (χ2v) is 6.28. The third-order valence-corrected chi connectivity index (χ3v) is 4.54. The average molecular weight is 353 g/mol. The maximum atomic E-state index is 12.6. The quantitative estimate of drug-likeness (QED) is 0.482. The van der Waals surface area contributed by atoms with Crippen molar-refractivity contribution in [3.63, 3.8) is 0 Å². The number of rotatable bonds is 2. The number of benzene rings is 3. The lowest BCUT2D eigenvalue weighted by Crippen LogP contribution is -2.10. The van der Waals surface area contributed by atoms with E-state index in [1.807, 2.05) is 60.8 Å². The number of ether oxygens (including phenoxy) is 1. The van der Waals surface area contributed by atoms with E-state index in [4.69, 9.17) is 4.74 Å². The van der Waals surface area contributed by atoms with Crippen molar-refractivity contribution in [1.82, 2.24) is 4.98 Å². The number of fused-ring (bicyclic) bond motifs is 3. The lowest BCUT2D eigenvalue weighted by molar-refractivity contribution is 0.102. The van der Waals surface area contributed by atoms with E-state index in [1.165, 1.54) is 0 Å². The number of carbonyl (C=O) groups is 1. The van der Waals surface area contributed by atoms with Crippen LogP contribution in [-0.2, 0) is 0 Å². The molecule has 1 amide bonds. The summed E-state index contributed by atoms with van der Waals surface area (Å²) >= 11 is 0. The van der Waals surface area contributed by atoms with Crippen molar-refractivity contribution in [1.29, 1.82) is 0 Å². The number of aromatic amines is 1. The SMILES string of the molecule is O=C1Nc2ccccc2Oc2ccc(N=Cc3c[nH]c4ccccc34)cc21. The molecule has 2 heterocycles. The van der Waals surface area contributed by atoms with Crippen molar-refractivity contribution >= 4 is 34.4 Å². The van der Waals surface area contributed by atoms with Crippen LogP contribution >= 0.6 is 0 Å². The van der Waals surface area contributed by atoms with Gasteiger partial charge in [0.25, 0.3) is 5.91 Å². The Kier molecular flexibility index (Phi) is 3.50. The molecule has 0 fully saturated rings. The molecule has 0 unspecified atom stereocenters. The van der Waals surface area contributed by atoms with E-state index in [9.17, 15) is 4.79 Å². The number of aliphatic imine (C=N–C) groups is 1. The summed E-state index contributed by atoms with van der Waals surface area (Å²) in [7, 11) is 0. The second kappa shape index (κ2) is 6.14. The molecule has 0 bridgehead atoms. The molecule has 1 aliphatic rings. The van der Waals surface area contributed by atoms with Gasteiger partial charge in [-0.05, 0) is 36.4 Å². The highest BCUT2D eigenvalue weighted by atomic mass is 16.5. The van der Waals surface area contributed by atoms with E-state index in [0.717, 1.165) is 16.5 Å². The van der Waals surface area contributed by atoms with Crippen LogP contribution in [0.4, 0.5) is 11.4 Å². The Balaban J connectivity index is 1.49. The first kappa shape index (κ1) is 15.4. The fraction of sp³-hybridized carbons (Fsp3) is 0. The molecule has 130 valence electrons. The molecule has 0 saturated carbocycles. The van der Waals surface area contributed by atoms with E-state index in [1.54, 1.807) is 18.3 Å². The Bertz CT molecular complexity index is 1210. The van der Waals surface area contributed by atoms with Gasteiger partial charge >= 0.3 is 0 Å². The summed E-state index contributed by atoms with van der Waals surface area (Å²) in [5.41, 5.74) is 3.85. The lowest BCUT2D eigenvalue weighted by atomic mass is 10.1. The summed E-state index contributed by atoms with van der Waals surface area (Å²) in [6.07, 6.45) is 3.72. The fourth-order valence-electron chi connectivity index (χ4n) is 3.18. The molecule has 27 heavy (non-hydrogen) atoms. The smallest absolute Gasteiger partial charge is 0.259 e. The van der Waals surface area contributed by atoms with Crippen molar-refractivity contribution in [2.24, 2.45) is 4.99 Å². The van der Waals surface area contributed by atoms with E-state index >= 15 is 0 Å². The monoisotopic (exact) mass is 353 g/mol. The van der Waals surface area contributed by atoms with Gasteiger partial charge in [-0.3, -0.25) is 9.79 Å². The standard InChI is InChI=1S/C22H15N3O2/c26-22-17-11-15(23-12-14-13-24-18-6-2-1-5-16(14)18)9-10-20(17)27-21-8-4-3-7-19(21)25-22/h1-13,24H,(H,25,26). The number of hydrogen-bond donors (Lipinski definition) is 2. The van der Waals surface area contributed by atoms with Gasteiger partial charge in [0.15, 0.2) is 5.75 Å². The summed E-state index contributed by atoms with van der Waals surface area (Å²) in [6.45, 7) is 0. The van der Waals surface area contributed by atoms with Gasteiger partial charge < -0.3 is 15.0 Å². The first-order chi connectivity index (χ1) is 13.3. The third kappa shape index (κ3) is 2.75. The lowest BCUT2D eigenvalue weighted by Gasteiger charge is -2.07. The highest BCUT2D eigenvalue weighted by molar-refractivity contribution is 6.08. The summed E-state index contributed by atoms with van der Waals surface area (Å²) in [5.74, 6) is 0.933. The predicted molar refractivity (Wildman–Crippen MR) is 106 cm³/mol. The summed E-state index contributed by atoms with van der Waals surface area (Å²) < 4.78 is 5.90. The van der Waals surface area contributed by atoms with E-state index in [-0.39, 0.29) is 5.91 Å². The van der Waals surface area contributed by atoms with Gasteiger partial charge in [-0.1, -0.05) is 30.3 Å². The molecular formula is C22H15N3O2. The first-order valence-corrected chi connectivity index (χ1v) is 8.60. The molecule has 0 spiro atoms. The summed E-state index contributed by atoms with van der Waals surface area (Å²) in [4.78, 5) is 20.3. The average Bonchev–Trinajstić information content (AvgIpc) is 3.05. The number of H-pyrrole nitrogens is 1. The molecule has 5 heteroatoms. The van der Waals surface area contributed by atoms with Crippen LogP contribution in [-0.4, -0.2) is 17.1 Å². The third-order valence-electron chi connectivity index (χ3n) is 4.54. The molecular weight excluding hydrogens is 338 g/mol. The molecule has 5 nitrogen and oxygen atoms in total. The van der Waals surface area contributed by atoms with Crippen molar-refractivity contribution < 1.29 is 9.53 Å². The van der Waals surface area contributed by atoms with Crippen LogP contribution < -0.4 is 10.1 Å². The van der Waals surface area contributed by atoms with Crippen molar-refractivity contribution in [3.8, 4) is 11.5 Å². The molecule has 5 rings (SSSR count). The van der Waals surface area contributed by atoms with Crippen molar-refractivity contribution in [3.05, 3.63) is 84.1 Å². The van der Waals surface area contributed by atoms with Crippen LogP contribution in [0.3, 0.4) is 0 Å². The predicted octanol–water partition coefficient (Wildman–Crippen LogP) is 5.28. The van der Waals surface area contributed by atoms with Crippen LogP contribution in [0.2, 0.25) is 0 Å². The Labute approximate surface area is 155 Å². The molecule has 0 atom stereocenters. The largest absolute Gasteiger partial charge is 0.454 e. The zero-order valence-corrected chi connectivity index (χ0v) is 14.3. The molecule has 1 aromatic heterocycles. The van der Waals surface area contributed by atoms with Gasteiger partial charge in [-0.15, -0.1) is 0 Å². The van der Waals surface area contributed by atoms with Crippen LogP contribution in [0.25, 0.3) is 10.9 Å². The van der Waals surface area contributed by atoms with Crippen molar-refractivity contribution in [2.75, 3.05) is 5.32 Å². The number of anilines is 1. The minimum Gasteiger partial charge on any atom is -0.454 e. The fourth-order valence-corrected chi connectivity index (χ4v) is 3.18. The molecule has 0 radical (unpaired) electrons. The highest BCUT2D eigenvalue weighted by Gasteiger charge is 2.20. The van der Waals surface area contributed by atoms with Gasteiger partial charge in [0, 0.05) is 28.9 Å². The normalized spacial score (nSPS) is 13.0. The molecule has 0 saturated heterocycles. The maximum absolute atomic E-state index is 12.6. The molecule has 4 aromatic rings. The van der Waals surface area contributed by atoms with E-state index in [2.05, 4.69) is 15.3 Å². The number of para-hydroxylation sites is 3. The number of aromatic nitrogens is 1. The zero-order valence-electron chi connectivity index (χ0n) is 14.3. The van der Waals surface area contributed by atoms with Gasteiger partial charge in [-0.25, -0.2) is 0 Å². The number of hydrogen-bond acceptors (Lipinski definition) is 3. The zero-order chi connectivity index (χ0) is 18.2. The summed E-state index contributed by atoms with van der Waals surface area (Å²) in [6, 6.07) is 20.8. The number of nitrogens with zero attached hydrogens (tertiary/aromatic N) is 1. The first-order valence-electron chi connectivity index (χ1n) is 8.60. The molecule has 2 N–H and O–H groups in total. The Morgan fingerprint density at radius 2 is 1.78 bits per heavy atom. The Morgan fingerprint density at radius 3 is 2.74 bits per heavy atom. The minimum atomic E-state index is -0.209. The van der Waals surface area contributed by atoms with Crippen LogP contribution in [0, 0.1) is 0 Å². The van der Waals surface area contributed by atoms with Crippen LogP contribution in [0.1, 0.15) is 15.9 Å². The van der Waals surface area contributed by atoms with Crippen LogP contribution in [0.5, 0.6) is 11.5 Å². The summed E-state index contributed by atoms with van der Waals surface area (Å²) in [5, 5.41) is 3.98. The molecule has 3 aromatic carbocycles. The topological polar surface area (TPSA) is 66.5 Å². The molecule has 0 aliphatic carbocycles. The van der Waals surface area contributed by atoms with E-state index < -0.39 is 0 Å². The Hall–Kier alpha value is -3.86. The van der Waals surface area contributed by atoms with Gasteiger partial charge in [0.05, 0.1) is 16.9 Å². The number of amides is 1. The Morgan fingerprint density at radius 1 is 0.926 bits per heavy atom. The van der Waals surface area contributed by atoms with E-state index in [0.29, 0.717) is 28.4 Å². The van der Waals surface area contributed by atoms with Gasteiger partial charge in [-0.2, -0.15) is 0 Å².